The number of esters is 1. The number of amides is 1. The first-order valence-corrected chi connectivity index (χ1v) is 10.5. The van der Waals surface area contributed by atoms with Crippen LogP contribution in [-0.2, 0) is 20.9 Å². The molecule has 1 amide bonds. The SMILES string of the molecule is CCO[C@H]1CCN(C(=O)OCc2ccccc2)[C@H](c2ccc(OC(=O)CC)cc2)C1. The molecule has 0 aromatic heterocycles. The summed E-state index contributed by atoms with van der Waals surface area (Å²) >= 11 is 0. The normalized spacial score (nSPS) is 18.7. The molecule has 1 saturated heterocycles. The lowest BCUT2D eigenvalue weighted by Gasteiger charge is -2.38. The molecule has 0 bridgehead atoms. The summed E-state index contributed by atoms with van der Waals surface area (Å²) in [6, 6.07) is 16.8. The van der Waals surface area contributed by atoms with Crippen molar-refractivity contribution in [3.63, 3.8) is 0 Å². The van der Waals surface area contributed by atoms with Crippen molar-refractivity contribution in [3.05, 3.63) is 65.7 Å². The monoisotopic (exact) mass is 411 g/mol. The largest absolute Gasteiger partial charge is 0.445 e. The number of ether oxygens (including phenoxy) is 3. The molecule has 1 aliphatic rings. The van der Waals surface area contributed by atoms with Gasteiger partial charge in [-0.2, -0.15) is 0 Å². The van der Waals surface area contributed by atoms with Crippen LogP contribution in [0.15, 0.2) is 54.6 Å². The number of hydrogen-bond donors (Lipinski definition) is 0. The number of hydrogen-bond acceptors (Lipinski definition) is 5. The zero-order valence-corrected chi connectivity index (χ0v) is 17.6. The molecule has 0 aliphatic carbocycles. The fourth-order valence-corrected chi connectivity index (χ4v) is 3.62. The van der Waals surface area contributed by atoms with Gasteiger partial charge >= 0.3 is 12.1 Å². The van der Waals surface area contributed by atoms with Gasteiger partial charge in [0.05, 0.1) is 12.1 Å². The highest BCUT2D eigenvalue weighted by molar-refractivity contribution is 5.72. The van der Waals surface area contributed by atoms with Crippen molar-refractivity contribution in [3.8, 4) is 5.75 Å². The molecule has 0 N–H and O–H groups in total. The zero-order valence-electron chi connectivity index (χ0n) is 17.6. The molecular weight excluding hydrogens is 382 g/mol. The number of benzene rings is 2. The van der Waals surface area contributed by atoms with Crippen LogP contribution in [0.3, 0.4) is 0 Å². The molecule has 1 aliphatic heterocycles. The second-order valence-corrected chi connectivity index (χ2v) is 7.25. The Hall–Kier alpha value is -2.86. The predicted molar refractivity (Wildman–Crippen MR) is 113 cm³/mol. The van der Waals surface area contributed by atoms with Crippen LogP contribution in [0.5, 0.6) is 5.75 Å². The van der Waals surface area contributed by atoms with Crippen molar-refractivity contribution in [1.29, 1.82) is 0 Å². The summed E-state index contributed by atoms with van der Waals surface area (Å²) in [5.74, 6) is 0.226. The van der Waals surface area contributed by atoms with E-state index in [0.29, 0.717) is 31.7 Å². The Morgan fingerprint density at radius 3 is 2.43 bits per heavy atom. The molecule has 30 heavy (non-hydrogen) atoms. The van der Waals surface area contributed by atoms with Gasteiger partial charge in [0, 0.05) is 19.6 Å². The number of rotatable bonds is 7. The van der Waals surface area contributed by atoms with Crippen molar-refractivity contribution in [2.45, 2.75) is 51.9 Å². The summed E-state index contributed by atoms with van der Waals surface area (Å²) in [4.78, 5) is 26.1. The van der Waals surface area contributed by atoms with E-state index in [1.165, 1.54) is 0 Å². The number of likely N-dealkylation sites (tertiary alicyclic amines) is 1. The van der Waals surface area contributed by atoms with Crippen molar-refractivity contribution < 1.29 is 23.8 Å². The quantitative estimate of drug-likeness (QED) is 0.480. The van der Waals surface area contributed by atoms with Crippen molar-refractivity contribution >= 4 is 12.1 Å². The Balaban J connectivity index is 1.72. The fraction of sp³-hybridized carbons (Fsp3) is 0.417. The maximum absolute atomic E-state index is 12.9. The van der Waals surface area contributed by atoms with Gasteiger partial charge in [0.15, 0.2) is 0 Å². The molecule has 1 fully saturated rings. The first-order valence-electron chi connectivity index (χ1n) is 10.5. The lowest BCUT2D eigenvalue weighted by Crippen LogP contribution is -2.43. The molecule has 0 spiro atoms. The summed E-state index contributed by atoms with van der Waals surface area (Å²) in [6.45, 7) is 5.18. The second kappa shape index (κ2) is 10.8. The first-order chi connectivity index (χ1) is 14.6. The average molecular weight is 411 g/mol. The molecule has 6 nitrogen and oxygen atoms in total. The minimum atomic E-state index is -0.333. The third kappa shape index (κ3) is 5.83. The molecule has 2 aromatic carbocycles. The van der Waals surface area contributed by atoms with Gasteiger partial charge in [0.2, 0.25) is 0 Å². The molecule has 160 valence electrons. The molecular formula is C24H29NO5. The smallest absolute Gasteiger partial charge is 0.410 e. The summed E-state index contributed by atoms with van der Waals surface area (Å²) in [7, 11) is 0. The summed E-state index contributed by atoms with van der Waals surface area (Å²) < 4.78 is 16.7. The van der Waals surface area contributed by atoms with Gasteiger partial charge in [-0.15, -0.1) is 0 Å². The van der Waals surface area contributed by atoms with Crippen molar-refractivity contribution in [2.75, 3.05) is 13.2 Å². The van der Waals surface area contributed by atoms with E-state index in [2.05, 4.69) is 0 Å². The highest BCUT2D eigenvalue weighted by Gasteiger charge is 2.34. The predicted octanol–water partition coefficient (Wildman–Crippen LogP) is 4.88. The minimum Gasteiger partial charge on any atom is -0.445 e. The van der Waals surface area contributed by atoms with Crippen LogP contribution >= 0.6 is 0 Å². The molecule has 2 atom stereocenters. The second-order valence-electron chi connectivity index (χ2n) is 7.25. The van der Waals surface area contributed by atoms with Crippen LogP contribution in [0.2, 0.25) is 0 Å². The van der Waals surface area contributed by atoms with Crippen LogP contribution < -0.4 is 4.74 Å². The molecule has 2 aromatic rings. The fourth-order valence-electron chi connectivity index (χ4n) is 3.62. The van der Waals surface area contributed by atoms with Gasteiger partial charge in [0.1, 0.15) is 12.4 Å². The number of carbonyl (C=O) groups excluding carboxylic acids is 2. The molecule has 0 saturated carbocycles. The maximum Gasteiger partial charge on any atom is 0.410 e. The van der Waals surface area contributed by atoms with Gasteiger partial charge < -0.3 is 19.1 Å². The Morgan fingerprint density at radius 2 is 1.77 bits per heavy atom. The number of carbonyl (C=O) groups is 2. The zero-order chi connectivity index (χ0) is 21.3. The molecule has 0 radical (unpaired) electrons. The van der Waals surface area contributed by atoms with Gasteiger partial charge in [-0.1, -0.05) is 49.4 Å². The Kier molecular flexibility index (Phi) is 7.85. The van der Waals surface area contributed by atoms with Crippen LogP contribution in [0.4, 0.5) is 4.79 Å². The van der Waals surface area contributed by atoms with Gasteiger partial charge in [-0.3, -0.25) is 4.79 Å². The first kappa shape index (κ1) is 21.8. The topological polar surface area (TPSA) is 65.1 Å². The van der Waals surface area contributed by atoms with Crippen molar-refractivity contribution in [2.24, 2.45) is 0 Å². The van der Waals surface area contributed by atoms with E-state index in [1.54, 1.807) is 24.0 Å². The van der Waals surface area contributed by atoms with Crippen LogP contribution in [0, 0.1) is 0 Å². The summed E-state index contributed by atoms with van der Waals surface area (Å²) in [5.41, 5.74) is 1.92. The maximum atomic E-state index is 12.9. The molecule has 0 unspecified atom stereocenters. The lowest BCUT2D eigenvalue weighted by molar-refractivity contribution is -0.134. The standard InChI is InChI=1S/C24H29NO5/c1-3-23(26)30-20-12-10-19(11-13-20)22-16-21(28-4-2)14-15-25(22)24(27)29-17-18-8-6-5-7-9-18/h5-13,21-22H,3-4,14-17H2,1-2H3/t21-,22-/m0/s1. The summed E-state index contributed by atoms with van der Waals surface area (Å²) in [6.07, 6.45) is 1.55. The Morgan fingerprint density at radius 1 is 1.03 bits per heavy atom. The van der Waals surface area contributed by atoms with E-state index in [9.17, 15) is 9.59 Å². The third-order valence-corrected chi connectivity index (χ3v) is 5.18. The average Bonchev–Trinajstić information content (AvgIpc) is 2.79. The van der Waals surface area contributed by atoms with E-state index in [1.807, 2.05) is 49.4 Å². The van der Waals surface area contributed by atoms with Crippen LogP contribution in [-0.4, -0.2) is 36.2 Å². The van der Waals surface area contributed by atoms with Gasteiger partial charge in [-0.05, 0) is 43.0 Å². The highest BCUT2D eigenvalue weighted by Crippen LogP contribution is 2.34. The van der Waals surface area contributed by atoms with E-state index in [-0.39, 0.29) is 30.8 Å². The Labute approximate surface area is 177 Å². The van der Waals surface area contributed by atoms with E-state index < -0.39 is 0 Å². The van der Waals surface area contributed by atoms with E-state index in [0.717, 1.165) is 17.5 Å². The third-order valence-electron chi connectivity index (χ3n) is 5.18. The summed E-state index contributed by atoms with van der Waals surface area (Å²) in [5, 5.41) is 0. The van der Waals surface area contributed by atoms with E-state index in [4.69, 9.17) is 14.2 Å². The lowest BCUT2D eigenvalue weighted by atomic mass is 9.93. The van der Waals surface area contributed by atoms with Gasteiger partial charge in [-0.25, -0.2) is 4.79 Å². The van der Waals surface area contributed by atoms with Crippen LogP contribution in [0.1, 0.15) is 50.3 Å². The van der Waals surface area contributed by atoms with Crippen molar-refractivity contribution in [1.82, 2.24) is 4.90 Å². The highest BCUT2D eigenvalue weighted by atomic mass is 16.6. The Bertz CT molecular complexity index is 821. The molecule has 3 rings (SSSR count). The molecule has 1 heterocycles. The number of nitrogens with zero attached hydrogens (tertiary/aromatic N) is 1. The number of piperidine rings is 1. The van der Waals surface area contributed by atoms with Gasteiger partial charge in [0.25, 0.3) is 0 Å². The van der Waals surface area contributed by atoms with E-state index >= 15 is 0 Å². The van der Waals surface area contributed by atoms with Crippen LogP contribution in [0.25, 0.3) is 0 Å². The molecule has 6 heteroatoms. The minimum absolute atomic E-state index is 0.0933.